The first kappa shape index (κ1) is 19.3. The van der Waals surface area contributed by atoms with Crippen molar-refractivity contribution in [1.82, 2.24) is 20.0 Å². The molecule has 1 aromatic heterocycles. The number of amides is 1. The average Bonchev–Trinajstić information content (AvgIpc) is 3.02. The molecule has 0 radical (unpaired) electrons. The molecular formula is C19H32N4O3. The molecule has 2 fully saturated rings. The number of carbonyl (C=O) groups is 1. The summed E-state index contributed by atoms with van der Waals surface area (Å²) in [6.07, 6.45) is 9.01. The zero-order valence-electron chi connectivity index (χ0n) is 16.1. The standard InChI is InChI=1S/C19H32N4O3/c1-15-20-21-17(26-15)13-22(2)14-19(25)10-6-11-23(18(19)24)12-9-16-7-4-3-5-8-16/h16,25H,3-14H2,1-2H3/t19-/m1/s1. The van der Waals surface area contributed by atoms with Crippen LogP contribution in [-0.2, 0) is 11.3 Å². The van der Waals surface area contributed by atoms with E-state index in [9.17, 15) is 9.90 Å². The number of likely N-dealkylation sites (tertiary alicyclic amines) is 1. The maximum atomic E-state index is 12.9. The maximum absolute atomic E-state index is 12.9. The lowest BCUT2D eigenvalue weighted by atomic mass is 9.86. The molecule has 1 saturated carbocycles. The van der Waals surface area contributed by atoms with Gasteiger partial charge in [-0.15, -0.1) is 10.2 Å². The first-order valence-electron chi connectivity index (χ1n) is 9.95. The van der Waals surface area contributed by atoms with Crippen molar-refractivity contribution < 1.29 is 14.3 Å². The lowest BCUT2D eigenvalue weighted by Gasteiger charge is -2.40. The Morgan fingerprint density at radius 3 is 2.73 bits per heavy atom. The molecule has 1 amide bonds. The van der Waals surface area contributed by atoms with Crippen molar-refractivity contribution in [3.05, 3.63) is 11.8 Å². The van der Waals surface area contributed by atoms with Gasteiger partial charge in [-0.1, -0.05) is 32.1 Å². The van der Waals surface area contributed by atoms with Crippen LogP contribution in [-0.4, -0.2) is 63.3 Å². The van der Waals surface area contributed by atoms with Crippen molar-refractivity contribution in [2.45, 2.75) is 70.4 Å². The smallest absolute Gasteiger partial charge is 0.255 e. The summed E-state index contributed by atoms with van der Waals surface area (Å²) in [6, 6.07) is 0. The molecular weight excluding hydrogens is 332 g/mol. The highest BCUT2D eigenvalue weighted by Crippen LogP contribution is 2.29. The molecule has 0 aromatic carbocycles. The number of piperidine rings is 1. The zero-order chi connectivity index (χ0) is 18.6. The van der Waals surface area contributed by atoms with Crippen molar-refractivity contribution >= 4 is 5.91 Å². The van der Waals surface area contributed by atoms with Crippen molar-refractivity contribution in [2.75, 3.05) is 26.7 Å². The van der Waals surface area contributed by atoms with E-state index in [0.717, 1.165) is 31.8 Å². The molecule has 0 unspecified atom stereocenters. The number of aliphatic hydroxyl groups is 1. The third-order valence-corrected chi connectivity index (χ3v) is 5.74. The predicted molar refractivity (Wildman–Crippen MR) is 97.3 cm³/mol. The fourth-order valence-corrected chi connectivity index (χ4v) is 4.37. The molecule has 0 spiro atoms. The summed E-state index contributed by atoms with van der Waals surface area (Å²) in [6.45, 7) is 4.00. The van der Waals surface area contributed by atoms with Crippen molar-refractivity contribution in [3.63, 3.8) is 0 Å². The molecule has 1 aliphatic carbocycles. The number of carbonyl (C=O) groups excluding carboxylic acids is 1. The highest BCUT2D eigenvalue weighted by Gasteiger charge is 2.42. The molecule has 1 N–H and O–H groups in total. The number of aromatic nitrogens is 2. The summed E-state index contributed by atoms with van der Waals surface area (Å²) in [5.41, 5.74) is -1.31. The van der Waals surface area contributed by atoms with E-state index in [1.54, 1.807) is 6.92 Å². The molecule has 146 valence electrons. The highest BCUT2D eigenvalue weighted by molar-refractivity contribution is 5.86. The van der Waals surface area contributed by atoms with E-state index < -0.39 is 5.60 Å². The molecule has 3 rings (SSSR count). The Morgan fingerprint density at radius 1 is 1.27 bits per heavy atom. The van der Waals surface area contributed by atoms with Gasteiger partial charge in [0.1, 0.15) is 0 Å². The molecule has 1 aliphatic heterocycles. The van der Waals surface area contributed by atoms with Crippen molar-refractivity contribution in [2.24, 2.45) is 5.92 Å². The second-order valence-electron chi connectivity index (χ2n) is 8.11. The first-order valence-corrected chi connectivity index (χ1v) is 9.95. The van der Waals surface area contributed by atoms with Gasteiger partial charge >= 0.3 is 0 Å². The van der Waals surface area contributed by atoms with Gasteiger partial charge in [0.25, 0.3) is 5.91 Å². The van der Waals surface area contributed by atoms with Gasteiger partial charge in [0.2, 0.25) is 11.8 Å². The number of hydrogen-bond acceptors (Lipinski definition) is 6. The fourth-order valence-electron chi connectivity index (χ4n) is 4.37. The van der Waals surface area contributed by atoms with Gasteiger partial charge in [0.15, 0.2) is 5.60 Å². The molecule has 26 heavy (non-hydrogen) atoms. The summed E-state index contributed by atoms with van der Waals surface area (Å²) in [4.78, 5) is 16.7. The van der Waals surface area contributed by atoms with E-state index in [1.807, 2.05) is 16.8 Å². The minimum absolute atomic E-state index is 0.117. The number of aryl methyl sites for hydroxylation is 1. The number of hydrogen-bond donors (Lipinski definition) is 1. The van der Waals surface area contributed by atoms with E-state index in [0.29, 0.717) is 24.7 Å². The molecule has 2 heterocycles. The van der Waals surface area contributed by atoms with E-state index in [2.05, 4.69) is 10.2 Å². The van der Waals surface area contributed by atoms with Gasteiger partial charge in [-0.3, -0.25) is 9.69 Å². The SMILES string of the molecule is Cc1nnc(CN(C)C[C@]2(O)CCCN(CCC3CCCCC3)C2=O)o1. The van der Waals surface area contributed by atoms with E-state index in [-0.39, 0.29) is 12.5 Å². The Labute approximate surface area is 155 Å². The Morgan fingerprint density at radius 2 is 2.04 bits per heavy atom. The second kappa shape index (κ2) is 8.48. The Hall–Kier alpha value is -1.47. The highest BCUT2D eigenvalue weighted by atomic mass is 16.4. The molecule has 1 aromatic rings. The van der Waals surface area contributed by atoms with Crippen LogP contribution in [0.15, 0.2) is 4.42 Å². The lowest BCUT2D eigenvalue weighted by molar-refractivity contribution is -0.159. The van der Waals surface area contributed by atoms with Gasteiger partial charge in [-0.05, 0) is 32.2 Å². The molecule has 2 aliphatic rings. The van der Waals surface area contributed by atoms with E-state index >= 15 is 0 Å². The monoisotopic (exact) mass is 364 g/mol. The summed E-state index contributed by atoms with van der Waals surface area (Å²) >= 11 is 0. The zero-order valence-corrected chi connectivity index (χ0v) is 16.1. The molecule has 7 heteroatoms. The summed E-state index contributed by atoms with van der Waals surface area (Å²) in [5, 5.41) is 18.8. The van der Waals surface area contributed by atoms with Crippen LogP contribution in [0.25, 0.3) is 0 Å². The molecule has 1 atom stereocenters. The lowest BCUT2D eigenvalue weighted by Crippen LogP contribution is -2.58. The number of rotatable bonds is 7. The van der Waals surface area contributed by atoms with Gasteiger partial charge in [0, 0.05) is 26.6 Å². The van der Waals surface area contributed by atoms with Crippen LogP contribution in [0.2, 0.25) is 0 Å². The van der Waals surface area contributed by atoms with Gasteiger partial charge in [0.05, 0.1) is 6.54 Å². The summed E-state index contributed by atoms with van der Waals surface area (Å²) in [5.74, 6) is 1.66. The van der Waals surface area contributed by atoms with Crippen molar-refractivity contribution in [1.29, 1.82) is 0 Å². The Kier molecular flexibility index (Phi) is 6.29. The van der Waals surface area contributed by atoms with Gasteiger partial charge in [-0.25, -0.2) is 0 Å². The van der Waals surface area contributed by atoms with E-state index in [1.165, 1.54) is 32.1 Å². The van der Waals surface area contributed by atoms with E-state index in [4.69, 9.17) is 4.42 Å². The summed E-state index contributed by atoms with van der Waals surface area (Å²) < 4.78 is 5.39. The van der Waals surface area contributed by atoms with Crippen molar-refractivity contribution in [3.8, 4) is 0 Å². The van der Waals surface area contributed by atoms with Gasteiger partial charge in [-0.2, -0.15) is 0 Å². The van der Waals surface area contributed by atoms with Crippen LogP contribution in [0.4, 0.5) is 0 Å². The van der Waals surface area contributed by atoms with Crippen LogP contribution < -0.4 is 0 Å². The Bertz CT molecular complexity index is 599. The minimum Gasteiger partial charge on any atom is -0.424 e. The van der Waals surface area contributed by atoms with Crippen LogP contribution in [0.5, 0.6) is 0 Å². The topological polar surface area (TPSA) is 82.7 Å². The van der Waals surface area contributed by atoms with Crippen LogP contribution in [0.1, 0.15) is 63.1 Å². The Balaban J connectivity index is 1.52. The third kappa shape index (κ3) is 4.82. The molecule has 0 bridgehead atoms. The van der Waals surface area contributed by atoms with Crippen LogP contribution >= 0.6 is 0 Å². The number of nitrogens with zero attached hydrogens (tertiary/aromatic N) is 4. The quantitative estimate of drug-likeness (QED) is 0.798. The predicted octanol–water partition coefficient (Wildman–Crippen LogP) is 2.13. The average molecular weight is 364 g/mol. The first-order chi connectivity index (χ1) is 12.5. The molecule has 1 saturated heterocycles. The van der Waals surface area contributed by atoms with Crippen LogP contribution in [0, 0.1) is 12.8 Å². The number of likely N-dealkylation sites (N-methyl/N-ethyl adjacent to an activating group) is 1. The third-order valence-electron chi connectivity index (χ3n) is 5.74. The van der Waals surface area contributed by atoms with Gasteiger partial charge < -0.3 is 14.4 Å². The minimum atomic E-state index is -1.31. The fraction of sp³-hybridized carbons (Fsp3) is 0.842. The maximum Gasteiger partial charge on any atom is 0.255 e. The normalized spacial score (nSPS) is 25.2. The summed E-state index contributed by atoms with van der Waals surface area (Å²) in [7, 11) is 1.87. The van der Waals surface area contributed by atoms with Crippen LogP contribution in [0.3, 0.4) is 0 Å². The molecule has 7 nitrogen and oxygen atoms in total. The largest absolute Gasteiger partial charge is 0.424 e. The second-order valence-corrected chi connectivity index (χ2v) is 8.11.